The van der Waals surface area contributed by atoms with Crippen LogP contribution in [-0.2, 0) is 19.4 Å². The summed E-state index contributed by atoms with van der Waals surface area (Å²) < 4.78 is 2.36. The second-order valence-corrected chi connectivity index (χ2v) is 5.50. The molecule has 0 bridgehead atoms. The highest BCUT2D eigenvalue weighted by atomic mass is 15.0. The first-order chi connectivity index (χ1) is 10.8. The third-order valence-corrected chi connectivity index (χ3v) is 4.07. The van der Waals surface area contributed by atoms with E-state index in [1.165, 1.54) is 27.7 Å². The van der Waals surface area contributed by atoms with Gasteiger partial charge in [-0.3, -0.25) is 0 Å². The van der Waals surface area contributed by atoms with Gasteiger partial charge in [0.05, 0.1) is 0 Å². The first-order valence-corrected chi connectivity index (χ1v) is 7.70. The number of rotatable bonds is 6. The van der Waals surface area contributed by atoms with Crippen molar-refractivity contribution in [1.82, 2.24) is 4.57 Å². The minimum atomic E-state index is 0.832. The molecule has 3 rings (SSSR count). The second-order valence-electron chi connectivity index (χ2n) is 5.50. The van der Waals surface area contributed by atoms with Crippen LogP contribution in [0.2, 0.25) is 0 Å². The van der Waals surface area contributed by atoms with Gasteiger partial charge in [0, 0.05) is 29.6 Å². The maximum absolute atomic E-state index is 3.94. The highest BCUT2D eigenvalue weighted by molar-refractivity contribution is 5.86. The van der Waals surface area contributed by atoms with Crippen molar-refractivity contribution in [3.8, 4) is 0 Å². The number of hydrogen-bond acceptors (Lipinski definition) is 0. The molecular formula is C21H21N. The molecule has 1 aromatic heterocycles. The Morgan fingerprint density at radius 2 is 1.59 bits per heavy atom. The van der Waals surface area contributed by atoms with E-state index in [2.05, 4.69) is 72.3 Å². The van der Waals surface area contributed by atoms with E-state index in [1.807, 2.05) is 12.2 Å². The van der Waals surface area contributed by atoms with E-state index in [0.29, 0.717) is 0 Å². The molecular weight excluding hydrogens is 266 g/mol. The van der Waals surface area contributed by atoms with Crippen LogP contribution in [-0.4, -0.2) is 4.57 Å². The Bertz CT molecular complexity index is 793. The summed E-state index contributed by atoms with van der Waals surface area (Å²) in [5.41, 5.74) is 5.38. The molecule has 0 fully saturated rings. The molecule has 22 heavy (non-hydrogen) atoms. The average molecular weight is 287 g/mol. The van der Waals surface area contributed by atoms with Crippen molar-refractivity contribution in [2.45, 2.75) is 19.4 Å². The SMILES string of the molecule is C=CCc1c(Cc2ccccc2)c2ccccc2n1CC=C. The van der Waals surface area contributed by atoms with Crippen LogP contribution < -0.4 is 0 Å². The molecule has 0 radical (unpaired) electrons. The Labute approximate surface area is 132 Å². The monoisotopic (exact) mass is 287 g/mol. The first kappa shape index (κ1) is 14.4. The largest absolute Gasteiger partial charge is 0.340 e. The van der Waals surface area contributed by atoms with Crippen molar-refractivity contribution >= 4 is 10.9 Å². The van der Waals surface area contributed by atoms with E-state index < -0.39 is 0 Å². The topological polar surface area (TPSA) is 4.93 Å². The van der Waals surface area contributed by atoms with Crippen LogP contribution >= 0.6 is 0 Å². The standard InChI is InChI=1S/C21H21N/c1-3-10-20-19(16-17-11-6-5-7-12-17)18-13-8-9-14-21(18)22(20)15-4-2/h3-9,11-14H,1-2,10,15-16H2. The van der Waals surface area contributed by atoms with E-state index in [-0.39, 0.29) is 0 Å². The molecule has 0 spiro atoms. The number of aromatic nitrogens is 1. The Morgan fingerprint density at radius 3 is 2.32 bits per heavy atom. The lowest BCUT2D eigenvalue weighted by Crippen LogP contribution is -2.02. The van der Waals surface area contributed by atoms with Gasteiger partial charge in [0.2, 0.25) is 0 Å². The van der Waals surface area contributed by atoms with Crippen molar-refractivity contribution in [3.05, 3.63) is 96.7 Å². The van der Waals surface area contributed by atoms with Crippen LogP contribution in [0.3, 0.4) is 0 Å². The minimum absolute atomic E-state index is 0.832. The third-order valence-electron chi connectivity index (χ3n) is 4.07. The summed E-state index contributed by atoms with van der Waals surface area (Å²) in [5, 5.41) is 1.34. The molecule has 0 amide bonds. The van der Waals surface area contributed by atoms with Gasteiger partial charge in [-0.05, 0) is 23.6 Å². The summed E-state index contributed by atoms with van der Waals surface area (Å²) in [4.78, 5) is 0. The van der Waals surface area contributed by atoms with Crippen LogP contribution in [0.4, 0.5) is 0 Å². The van der Waals surface area contributed by atoms with Crippen LogP contribution in [0.5, 0.6) is 0 Å². The van der Waals surface area contributed by atoms with E-state index in [0.717, 1.165) is 19.4 Å². The van der Waals surface area contributed by atoms with Crippen molar-refractivity contribution in [3.63, 3.8) is 0 Å². The second kappa shape index (κ2) is 6.48. The van der Waals surface area contributed by atoms with Crippen molar-refractivity contribution in [2.24, 2.45) is 0 Å². The Morgan fingerprint density at radius 1 is 0.864 bits per heavy atom. The minimum Gasteiger partial charge on any atom is -0.340 e. The summed E-state index contributed by atoms with van der Waals surface area (Å²) >= 11 is 0. The molecule has 0 atom stereocenters. The molecule has 1 nitrogen and oxygen atoms in total. The number of fused-ring (bicyclic) bond motifs is 1. The number of hydrogen-bond donors (Lipinski definition) is 0. The molecule has 1 heteroatoms. The van der Waals surface area contributed by atoms with Gasteiger partial charge in [-0.15, -0.1) is 13.2 Å². The van der Waals surface area contributed by atoms with Gasteiger partial charge in [0.1, 0.15) is 0 Å². The Hall–Kier alpha value is -2.54. The van der Waals surface area contributed by atoms with Crippen LogP contribution in [0.25, 0.3) is 10.9 Å². The lowest BCUT2D eigenvalue weighted by Gasteiger charge is -2.09. The lowest BCUT2D eigenvalue weighted by molar-refractivity contribution is 0.802. The van der Waals surface area contributed by atoms with Crippen LogP contribution in [0, 0.1) is 0 Å². The fourth-order valence-electron chi connectivity index (χ4n) is 3.13. The highest BCUT2D eigenvalue weighted by Crippen LogP contribution is 2.29. The zero-order valence-electron chi connectivity index (χ0n) is 12.8. The van der Waals surface area contributed by atoms with E-state index in [1.54, 1.807) is 0 Å². The van der Waals surface area contributed by atoms with Gasteiger partial charge in [0.15, 0.2) is 0 Å². The first-order valence-electron chi connectivity index (χ1n) is 7.70. The molecule has 0 N–H and O–H groups in total. The molecule has 0 aliphatic carbocycles. The summed E-state index contributed by atoms with van der Waals surface area (Å²) in [5.74, 6) is 0. The van der Waals surface area contributed by atoms with Crippen molar-refractivity contribution in [2.75, 3.05) is 0 Å². The van der Waals surface area contributed by atoms with Gasteiger partial charge >= 0.3 is 0 Å². The van der Waals surface area contributed by atoms with Crippen LogP contribution in [0.1, 0.15) is 16.8 Å². The van der Waals surface area contributed by atoms with Crippen molar-refractivity contribution in [1.29, 1.82) is 0 Å². The van der Waals surface area contributed by atoms with E-state index >= 15 is 0 Å². The van der Waals surface area contributed by atoms with Gasteiger partial charge in [0.25, 0.3) is 0 Å². The highest BCUT2D eigenvalue weighted by Gasteiger charge is 2.15. The van der Waals surface area contributed by atoms with Crippen molar-refractivity contribution < 1.29 is 0 Å². The molecule has 0 aliphatic rings. The lowest BCUT2D eigenvalue weighted by atomic mass is 10.0. The normalized spacial score (nSPS) is 10.7. The zero-order valence-corrected chi connectivity index (χ0v) is 12.8. The third kappa shape index (κ3) is 2.62. The molecule has 1 heterocycles. The van der Waals surface area contributed by atoms with Gasteiger partial charge in [-0.1, -0.05) is 60.7 Å². The van der Waals surface area contributed by atoms with Crippen LogP contribution in [0.15, 0.2) is 79.9 Å². The molecule has 0 unspecified atom stereocenters. The number of nitrogens with zero attached hydrogens (tertiary/aromatic N) is 1. The Kier molecular flexibility index (Phi) is 4.24. The van der Waals surface area contributed by atoms with Gasteiger partial charge in [-0.2, -0.15) is 0 Å². The maximum atomic E-state index is 3.94. The number of allylic oxidation sites excluding steroid dienone is 2. The predicted molar refractivity (Wildman–Crippen MR) is 95.3 cm³/mol. The molecule has 0 saturated carbocycles. The summed E-state index contributed by atoms with van der Waals surface area (Å²) in [7, 11) is 0. The van der Waals surface area contributed by atoms with Gasteiger partial charge in [-0.25, -0.2) is 0 Å². The quantitative estimate of drug-likeness (QED) is 0.553. The summed E-state index contributed by atoms with van der Waals surface area (Å²) in [6.07, 6.45) is 5.78. The summed E-state index contributed by atoms with van der Waals surface area (Å²) in [6, 6.07) is 19.3. The molecule has 110 valence electrons. The molecule has 2 aromatic carbocycles. The average Bonchev–Trinajstić information content (AvgIpc) is 2.84. The fraction of sp³-hybridized carbons (Fsp3) is 0.143. The Balaban J connectivity index is 2.19. The van der Waals surface area contributed by atoms with Gasteiger partial charge < -0.3 is 4.57 Å². The summed E-state index contributed by atoms with van der Waals surface area (Å²) in [6.45, 7) is 8.68. The van der Waals surface area contributed by atoms with E-state index in [9.17, 15) is 0 Å². The number of benzene rings is 2. The smallest absolute Gasteiger partial charge is 0.0488 e. The molecule has 0 aliphatic heterocycles. The zero-order chi connectivity index (χ0) is 15.4. The number of para-hydroxylation sites is 1. The maximum Gasteiger partial charge on any atom is 0.0488 e. The molecule has 0 saturated heterocycles. The molecule has 3 aromatic rings. The van der Waals surface area contributed by atoms with E-state index in [4.69, 9.17) is 0 Å². The predicted octanol–water partition coefficient (Wildman–Crippen LogP) is 5.15. The fourth-order valence-corrected chi connectivity index (χ4v) is 3.13.